The molecule has 1 aliphatic rings. The van der Waals surface area contributed by atoms with Crippen molar-refractivity contribution in [2.24, 2.45) is 0 Å². The first-order valence-electron chi connectivity index (χ1n) is 9.13. The number of ether oxygens (including phenoxy) is 2. The molecule has 1 aromatic carbocycles. The summed E-state index contributed by atoms with van der Waals surface area (Å²) in [5.41, 5.74) is 0.709. The van der Waals surface area contributed by atoms with Crippen LogP contribution < -0.4 is 4.74 Å². The Morgan fingerprint density at radius 3 is 2.83 bits per heavy atom. The van der Waals surface area contributed by atoms with Gasteiger partial charge in [-0.3, -0.25) is 4.98 Å². The van der Waals surface area contributed by atoms with Crippen molar-refractivity contribution < 1.29 is 22.4 Å². The van der Waals surface area contributed by atoms with Crippen LogP contribution in [0, 0.1) is 0 Å². The van der Waals surface area contributed by atoms with Crippen LogP contribution in [0.1, 0.15) is 12.0 Å². The van der Waals surface area contributed by atoms with Crippen LogP contribution in [0.5, 0.6) is 5.75 Å². The first kappa shape index (κ1) is 19.5. The van der Waals surface area contributed by atoms with Gasteiger partial charge >= 0.3 is 0 Å². The van der Waals surface area contributed by atoms with E-state index in [0.717, 1.165) is 0 Å². The summed E-state index contributed by atoms with van der Waals surface area (Å²) in [6, 6.07) is 12.7. The summed E-state index contributed by atoms with van der Waals surface area (Å²) in [6.07, 6.45) is 2.66. The van der Waals surface area contributed by atoms with Gasteiger partial charge in [0.15, 0.2) is 6.10 Å². The zero-order valence-corrected chi connectivity index (χ0v) is 16.4. The number of para-hydroxylation sites is 1. The molecule has 3 heterocycles. The molecule has 0 amide bonds. The van der Waals surface area contributed by atoms with Gasteiger partial charge in [0, 0.05) is 31.0 Å². The second-order valence-electron chi connectivity index (χ2n) is 6.39. The summed E-state index contributed by atoms with van der Waals surface area (Å²) in [4.78, 5) is 8.36. The lowest BCUT2D eigenvalue weighted by molar-refractivity contribution is -0.0200. The van der Waals surface area contributed by atoms with Crippen molar-refractivity contribution in [3.63, 3.8) is 0 Å². The Balaban J connectivity index is 1.38. The van der Waals surface area contributed by atoms with Crippen LogP contribution in [0.3, 0.4) is 0 Å². The predicted molar refractivity (Wildman–Crippen MR) is 104 cm³/mol. The molecule has 0 saturated carbocycles. The summed E-state index contributed by atoms with van der Waals surface area (Å²) >= 11 is 0. The fraction of sp³-hybridized carbons (Fsp3) is 0.316. The third-order valence-corrected chi connectivity index (χ3v) is 6.21. The smallest absolute Gasteiger partial charge is 0.257 e. The first-order chi connectivity index (χ1) is 14.1. The number of hydrogen-bond donors (Lipinski definition) is 0. The van der Waals surface area contributed by atoms with Gasteiger partial charge in [-0.1, -0.05) is 23.4 Å². The Morgan fingerprint density at radius 2 is 2.03 bits per heavy atom. The van der Waals surface area contributed by atoms with Gasteiger partial charge in [-0.2, -0.15) is 9.29 Å². The van der Waals surface area contributed by atoms with Crippen molar-refractivity contribution >= 4 is 10.0 Å². The summed E-state index contributed by atoms with van der Waals surface area (Å²) in [5.74, 6) is 1.13. The molecule has 152 valence electrons. The lowest BCUT2D eigenvalue weighted by Gasteiger charge is -2.30. The van der Waals surface area contributed by atoms with E-state index < -0.39 is 16.1 Å². The standard InChI is InChI=1S/C19H20N4O5S/c24-29(25,12-11-26-16-6-2-1-3-7-16)23-9-10-27-17(14-23)19-21-18(22-28-19)15-5-4-8-20-13-15/h1-8,13,17H,9-12,14H2/t17-/m0/s1. The zero-order valence-electron chi connectivity index (χ0n) is 15.5. The Kier molecular flexibility index (Phi) is 5.84. The minimum atomic E-state index is -3.51. The topological polar surface area (TPSA) is 108 Å². The van der Waals surface area contributed by atoms with E-state index in [2.05, 4.69) is 15.1 Å². The SMILES string of the molecule is O=S(=O)(CCOc1ccccc1)N1CCO[C@H](c2nc(-c3cccnc3)no2)C1. The maximum Gasteiger partial charge on any atom is 0.257 e. The van der Waals surface area contributed by atoms with Crippen molar-refractivity contribution in [3.05, 3.63) is 60.7 Å². The van der Waals surface area contributed by atoms with E-state index in [-0.39, 0.29) is 37.9 Å². The molecule has 0 bridgehead atoms. The molecule has 9 nitrogen and oxygen atoms in total. The number of nitrogens with zero attached hydrogens (tertiary/aromatic N) is 4. The van der Waals surface area contributed by atoms with Gasteiger partial charge in [0.25, 0.3) is 5.89 Å². The largest absolute Gasteiger partial charge is 0.492 e. The molecular weight excluding hydrogens is 396 g/mol. The van der Waals surface area contributed by atoms with Crippen molar-refractivity contribution in [2.75, 3.05) is 32.1 Å². The number of hydrogen-bond acceptors (Lipinski definition) is 8. The van der Waals surface area contributed by atoms with Gasteiger partial charge in [-0.25, -0.2) is 8.42 Å². The molecule has 1 fully saturated rings. The molecular formula is C19H20N4O5S. The van der Waals surface area contributed by atoms with E-state index >= 15 is 0 Å². The fourth-order valence-electron chi connectivity index (χ4n) is 2.92. The predicted octanol–water partition coefficient (Wildman–Crippen LogP) is 1.91. The maximum atomic E-state index is 12.7. The molecule has 1 aliphatic heterocycles. The minimum Gasteiger partial charge on any atom is -0.492 e. The monoisotopic (exact) mass is 416 g/mol. The van der Waals surface area contributed by atoms with Crippen molar-refractivity contribution in [1.82, 2.24) is 19.4 Å². The van der Waals surface area contributed by atoms with E-state index in [1.165, 1.54) is 4.31 Å². The second kappa shape index (κ2) is 8.68. The molecule has 4 rings (SSSR count). The van der Waals surface area contributed by atoms with Crippen molar-refractivity contribution in [3.8, 4) is 17.1 Å². The molecule has 29 heavy (non-hydrogen) atoms. The van der Waals surface area contributed by atoms with E-state index in [9.17, 15) is 8.42 Å². The van der Waals surface area contributed by atoms with Gasteiger partial charge in [-0.05, 0) is 24.3 Å². The average molecular weight is 416 g/mol. The Labute approximate surface area is 168 Å². The molecule has 2 aromatic heterocycles. The highest BCUT2D eigenvalue weighted by Gasteiger charge is 2.33. The van der Waals surface area contributed by atoms with Crippen LogP contribution in [-0.4, -0.2) is 59.9 Å². The molecule has 0 spiro atoms. The molecule has 0 N–H and O–H groups in total. The Hall–Kier alpha value is -2.82. The molecule has 1 atom stereocenters. The molecule has 0 unspecified atom stereocenters. The van der Waals surface area contributed by atoms with Crippen LogP contribution in [-0.2, 0) is 14.8 Å². The molecule has 1 saturated heterocycles. The quantitative estimate of drug-likeness (QED) is 0.575. The van der Waals surface area contributed by atoms with E-state index in [4.69, 9.17) is 14.0 Å². The van der Waals surface area contributed by atoms with E-state index in [0.29, 0.717) is 17.1 Å². The van der Waals surface area contributed by atoms with Crippen LogP contribution in [0.25, 0.3) is 11.4 Å². The third-order valence-electron chi connectivity index (χ3n) is 4.41. The summed E-state index contributed by atoms with van der Waals surface area (Å²) in [6.45, 7) is 0.699. The average Bonchev–Trinajstić information content (AvgIpc) is 3.26. The van der Waals surface area contributed by atoms with Gasteiger partial charge in [0.2, 0.25) is 15.8 Å². The van der Waals surface area contributed by atoms with Crippen LogP contribution in [0.2, 0.25) is 0 Å². The number of sulfonamides is 1. The summed E-state index contributed by atoms with van der Waals surface area (Å²) < 4.78 is 43.2. The normalized spacial score (nSPS) is 17.9. The van der Waals surface area contributed by atoms with Crippen LogP contribution in [0.4, 0.5) is 0 Å². The Morgan fingerprint density at radius 1 is 1.17 bits per heavy atom. The third kappa shape index (κ3) is 4.78. The number of pyridine rings is 1. The van der Waals surface area contributed by atoms with Crippen LogP contribution >= 0.6 is 0 Å². The maximum absolute atomic E-state index is 12.7. The Bertz CT molecular complexity index is 1030. The van der Waals surface area contributed by atoms with Gasteiger partial charge < -0.3 is 14.0 Å². The lowest BCUT2D eigenvalue weighted by atomic mass is 10.2. The first-order valence-corrected chi connectivity index (χ1v) is 10.7. The van der Waals surface area contributed by atoms with Gasteiger partial charge in [0.1, 0.15) is 12.4 Å². The number of aromatic nitrogens is 3. The summed E-state index contributed by atoms with van der Waals surface area (Å²) in [5, 5.41) is 3.94. The van der Waals surface area contributed by atoms with E-state index in [1.807, 2.05) is 24.3 Å². The van der Waals surface area contributed by atoms with Crippen molar-refractivity contribution in [2.45, 2.75) is 6.10 Å². The van der Waals surface area contributed by atoms with Crippen LogP contribution in [0.15, 0.2) is 59.4 Å². The number of benzene rings is 1. The summed E-state index contributed by atoms with van der Waals surface area (Å²) in [7, 11) is -3.51. The van der Waals surface area contributed by atoms with Gasteiger partial charge in [0.05, 0.1) is 12.4 Å². The van der Waals surface area contributed by atoms with Crippen molar-refractivity contribution in [1.29, 1.82) is 0 Å². The molecule has 0 radical (unpaired) electrons. The number of morpholine rings is 1. The highest BCUT2D eigenvalue weighted by atomic mass is 32.2. The lowest BCUT2D eigenvalue weighted by Crippen LogP contribution is -2.44. The molecule has 0 aliphatic carbocycles. The fourth-order valence-corrected chi connectivity index (χ4v) is 4.18. The number of rotatable bonds is 7. The van der Waals surface area contributed by atoms with Gasteiger partial charge in [-0.15, -0.1) is 0 Å². The second-order valence-corrected chi connectivity index (χ2v) is 8.48. The molecule has 10 heteroatoms. The highest BCUT2D eigenvalue weighted by molar-refractivity contribution is 7.89. The minimum absolute atomic E-state index is 0.0695. The molecule has 3 aromatic rings. The zero-order chi connectivity index (χ0) is 20.1. The van der Waals surface area contributed by atoms with E-state index in [1.54, 1.807) is 30.6 Å². The highest BCUT2D eigenvalue weighted by Crippen LogP contribution is 2.25.